The van der Waals surface area contributed by atoms with Crippen LogP contribution in [0.25, 0.3) is 0 Å². The van der Waals surface area contributed by atoms with Crippen LogP contribution in [-0.2, 0) is 23.7 Å². The highest BCUT2D eigenvalue weighted by molar-refractivity contribution is 5.77. The molecule has 6 nitrogen and oxygen atoms in total. The third kappa shape index (κ3) is 2.40. The maximum atomic E-state index is 12.2. The van der Waals surface area contributed by atoms with Crippen molar-refractivity contribution < 1.29 is 28.8 Å². The third-order valence-electron chi connectivity index (χ3n) is 4.42. The fourth-order valence-electron chi connectivity index (χ4n) is 3.29. The molecule has 0 unspecified atom stereocenters. The molecule has 0 amide bonds. The van der Waals surface area contributed by atoms with Gasteiger partial charge in [-0.1, -0.05) is 6.08 Å². The molecule has 3 aliphatic heterocycles. The molecule has 3 saturated heterocycles. The van der Waals surface area contributed by atoms with Gasteiger partial charge in [0.1, 0.15) is 6.10 Å². The van der Waals surface area contributed by atoms with Gasteiger partial charge >= 0.3 is 5.97 Å². The Labute approximate surface area is 124 Å². The number of carbonyl (C=O) groups excluding carboxylic acids is 1. The molecule has 1 N–H and O–H groups in total. The Balaban J connectivity index is 1.92. The van der Waals surface area contributed by atoms with Gasteiger partial charge in [-0.25, -0.2) is 4.79 Å². The van der Waals surface area contributed by atoms with Crippen molar-refractivity contribution >= 4 is 5.97 Å². The fourth-order valence-corrected chi connectivity index (χ4v) is 3.29. The summed E-state index contributed by atoms with van der Waals surface area (Å²) in [6.07, 6.45) is 3.81. The smallest absolute Gasteiger partial charge is 0.341 e. The summed E-state index contributed by atoms with van der Waals surface area (Å²) < 4.78 is 23.3. The van der Waals surface area contributed by atoms with E-state index in [-0.39, 0.29) is 0 Å². The Morgan fingerprint density at radius 3 is 2.29 bits per heavy atom. The largest absolute Gasteiger partial charge is 0.425 e. The summed E-state index contributed by atoms with van der Waals surface area (Å²) in [4.78, 5) is 12.2. The minimum Gasteiger partial charge on any atom is -0.425 e. The zero-order valence-electron chi connectivity index (χ0n) is 12.1. The van der Waals surface area contributed by atoms with Crippen molar-refractivity contribution in [2.45, 2.75) is 62.3 Å². The van der Waals surface area contributed by atoms with Gasteiger partial charge in [-0.05, 0) is 25.7 Å². The van der Waals surface area contributed by atoms with Crippen LogP contribution in [0.4, 0.5) is 0 Å². The lowest BCUT2D eigenvalue weighted by atomic mass is 9.89. The zero-order valence-corrected chi connectivity index (χ0v) is 12.1. The number of hydrogen-bond donors (Lipinski definition) is 1. The number of hydrogen-bond acceptors (Lipinski definition) is 6. The Morgan fingerprint density at radius 2 is 1.76 bits per heavy atom. The van der Waals surface area contributed by atoms with Crippen molar-refractivity contribution in [1.82, 2.24) is 0 Å². The molecule has 0 saturated carbocycles. The quantitative estimate of drug-likeness (QED) is 0.611. The molecule has 0 bridgehead atoms. The van der Waals surface area contributed by atoms with Gasteiger partial charge in [0.05, 0.1) is 13.2 Å². The van der Waals surface area contributed by atoms with Crippen LogP contribution < -0.4 is 0 Å². The molecule has 3 heterocycles. The van der Waals surface area contributed by atoms with E-state index in [1.54, 1.807) is 0 Å². The van der Waals surface area contributed by atoms with Crippen LogP contribution in [0, 0.1) is 0 Å². The van der Waals surface area contributed by atoms with E-state index in [2.05, 4.69) is 6.58 Å². The molecule has 4 atom stereocenters. The monoisotopic (exact) mass is 298 g/mol. The second-order valence-corrected chi connectivity index (χ2v) is 5.80. The Hall–Kier alpha value is -0.950. The number of ether oxygens (including phenoxy) is 4. The van der Waals surface area contributed by atoms with Gasteiger partial charge in [0.25, 0.3) is 5.79 Å². The van der Waals surface area contributed by atoms with E-state index in [0.29, 0.717) is 26.1 Å². The minimum atomic E-state index is -1.18. The van der Waals surface area contributed by atoms with Gasteiger partial charge in [-0.2, -0.15) is 0 Å². The summed E-state index contributed by atoms with van der Waals surface area (Å²) in [5.74, 6) is -2.92. The first kappa shape index (κ1) is 15.0. The summed E-state index contributed by atoms with van der Waals surface area (Å²) >= 11 is 0. The lowest BCUT2D eigenvalue weighted by molar-refractivity contribution is -0.445. The highest BCUT2D eigenvalue weighted by Crippen LogP contribution is 2.48. The maximum Gasteiger partial charge on any atom is 0.341 e. The van der Waals surface area contributed by atoms with Gasteiger partial charge in [0.2, 0.25) is 5.79 Å². The number of esters is 1. The van der Waals surface area contributed by atoms with Crippen molar-refractivity contribution in [3.8, 4) is 0 Å². The molecule has 0 aromatic heterocycles. The second kappa shape index (κ2) is 5.68. The summed E-state index contributed by atoms with van der Waals surface area (Å²) in [6.45, 7) is 4.54. The normalized spacial score (nSPS) is 41.8. The van der Waals surface area contributed by atoms with Crippen molar-refractivity contribution in [2.24, 2.45) is 0 Å². The van der Waals surface area contributed by atoms with E-state index in [0.717, 1.165) is 25.7 Å². The van der Waals surface area contributed by atoms with Crippen LogP contribution in [0.3, 0.4) is 0 Å². The van der Waals surface area contributed by atoms with E-state index in [4.69, 9.17) is 18.9 Å². The molecule has 0 aliphatic carbocycles. The fraction of sp³-hybridized carbons (Fsp3) is 0.800. The van der Waals surface area contributed by atoms with Gasteiger partial charge in [-0.15, -0.1) is 6.58 Å². The summed E-state index contributed by atoms with van der Waals surface area (Å²) in [5, 5.41) is 9.91. The predicted molar refractivity (Wildman–Crippen MR) is 72.2 cm³/mol. The number of aliphatic hydroxyl groups excluding tert-OH is 1. The summed E-state index contributed by atoms with van der Waals surface area (Å²) in [7, 11) is 0. The summed E-state index contributed by atoms with van der Waals surface area (Å²) in [6, 6.07) is 0. The molecule has 3 rings (SSSR count). The van der Waals surface area contributed by atoms with E-state index < -0.39 is 29.8 Å². The highest BCUT2D eigenvalue weighted by Gasteiger charge is 2.65. The standard InChI is InChI=1S/C15H22O6/c1-2-11(16)12-13(17)21-15(8-4-6-10-19-15)14(20-12)7-3-5-9-18-14/h2,11-12,16H,1,3-10H2/t11-,12-,14-,15-/m1/s1. The predicted octanol–water partition coefficient (Wildman–Crippen LogP) is 1.27. The molecule has 6 heteroatoms. The SMILES string of the molecule is C=C[C@@H](O)[C@H]1O[C@]2(CCCCO2)[C@@]2(CCCCO2)OC1=O. The number of aliphatic hydroxyl groups is 1. The second-order valence-electron chi connectivity index (χ2n) is 5.80. The van der Waals surface area contributed by atoms with Gasteiger partial charge in [0.15, 0.2) is 6.10 Å². The zero-order chi connectivity index (χ0) is 14.9. The van der Waals surface area contributed by atoms with E-state index >= 15 is 0 Å². The maximum absolute atomic E-state index is 12.2. The highest BCUT2D eigenvalue weighted by atomic mass is 16.8. The van der Waals surface area contributed by atoms with Crippen LogP contribution in [0.2, 0.25) is 0 Å². The lowest BCUT2D eigenvalue weighted by Gasteiger charge is -2.55. The molecule has 0 aromatic carbocycles. The van der Waals surface area contributed by atoms with Crippen molar-refractivity contribution in [2.75, 3.05) is 13.2 Å². The Kier molecular flexibility index (Phi) is 4.05. The first-order valence-corrected chi connectivity index (χ1v) is 7.62. The van der Waals surface area contributed by atoms with Crippen LogP contribution in [0.5, 0.6) is 0 Å². The van der Waals surface area contributed by atoms with Crippen LogP contribution >= 0.6 is 0 Å². The molecular weight excluding hydrogens is 276 g/mol. The summed E-state index contributed by atoms with van der Waals surface area (Å²) in [5.41, 5.74) is 0. The first-order chi connectivity index (χ1) is 10.1. The average molecular weight is 298 g/mol. The van der Waals surface area contributed by atoms with Crippen LogP contribution in [-0.4, -0.2) is 48.1 Å². The third-order valence-corrected chi connectivity index (χ3v) is 4.42. The van der Waals surface area contributed by atoms with Gasteiger partial charge in [-0.3, -0.25) is 0 Å². The van der Waals surface area contributed by atoms with Gasteiger partial charge < -0.3 is 24.1 Å². The molecular formula is C15H22O6. The molecule has 3 fully saturated rings. The number of fused-ring (bicyclic) bond motifs is 1. The van der Waals surface area contributed by atoms with E-state index in [1.165, 1.54) is 6.08 Å². The minimum absolute atomic E-state index is 0.510. The van der Waals surface area contributed by atoms with E-state index in [1.807, 2.05) is 0 Å². The first-order valence-electron chi connectivity index (χ1n) is 7.62. The lowest BCUT2D eigenvalue weighted by Crippen LogP contribution is -2.70. The molecule has 3 aliphatic rings. The van der Waals surface area contributed by atoms with Crippen molar-refractivity contribution in [3.05, 3.63) is 12.7 Å². The average Bonchev–Trinajstić information content (AvgIpc) is 2.52. The van der Waals surface area contributed by atoms with E-state index in [9.17, 15) is 9.90 Å². The Bertz CT molecular complexity index is 408. The van der Waals surface area contributed by atoms with Crippen molar-refractivity contribution in [3.63, 3.8) is 0 Å². The van der Waals surface area contributed by atoms with Crippen molar-refractivity contribution in [1.29, 1.82) is 0 Å². The Morgan fingerprint density at radius 1 is 1.14 bits per heavy atom. The topological polar surface area (TPSA) is 74.2 Å². The molecule has 21 heavy (non-hydrogen) atoms. The number of rotatable bonds is 2. The molecule has 0 aromatic rings. The number of carbonyl (C=O) groups is 1. The van der Waals surface area contributed by atoms with Gasteiger partial charge in [0, 0.05) is 12.8 Å². The van der Waals surface area contributed by atoms with Crippen LogP contribution in [0.15, 0.2) is 12.7 Å². The molecule has 2 spiro atoms. The van der Waals surface area contributed by atoms with Crippen LogP contribution in [0.1, 0.15) is 38.5 Å². The molecule has 0 radical (unpaired) electrons. The molecule has 118 valence electrons.